The van der Waals surface area contributed by atoms with Gasteiger partial charge in [0.05, 0.1) is 18.7 Å². The largest absolute Gasteiger partial charge is 0.391 e. The number of hydrogen-bond donors (Lipinski definition) is 3. The Morgan fingerprint density at radius 2 is 1.88 bits per heavy atom. The van der Waals surface area contributed by atoms with Gasteiger partial charge in [-0.15, -0.1) is 0 Å². The zero-order valence-electron chi connectivity index (χ0n) is 14.8. The lowest BCUT2D eigenvalue weighted by Crippen LogP contribution is -2.59. The maximum absolute atomic E-state index is 15.5. The number of hydrogen-bond acceptors (Lipinski definition) is 5. The fourth-order valence-electron chi connectivity index (χ4n) is 5.69. The normalized spacial score (nSPS) is 46.5. The van der Waals surface area contributed by atoms with Crippen molar-refractivity contribution in [3.05, 3.63) is 0 Å². The van der Waals surface area contributed by atoms with Gasteiger partial charge in [-0.05, 0) is 75.3 Å². The minimum Gasteiger partial charge on any atom is -0.391 e. The molecule has 7 nitrogen and oxygen atoms in total. The molecule has 2 aliphatic carbocycles. The summed E-state index contributed by atoms with van der Waals surface area (Å²) in [7, 11) is -4.05. The molecular formula is C17H28FN3O4S. The van der Waals surface area contributed by atoms with Gasteiger partial charge in [0.1, 0.15) is 6.17 Å². The lowest BCUT2D eigenvalue weighted by Gasteiger charge is -2.49. The van der Waals surface area contributed by atoms with Gasteiger partial charge in [0.25, 0.3) is 0 Å². The first-order valence-corrected chi connectivity index (χ1v) is 11.2. The molecule has 0 aromatic carbocycles. The molecule has 0 aromatic heterocycles. The summed E-state index contributed by atoms with van der Waals surface area (Å²) in [4.78, 5) is 11.5. The highest BCUT2D eigenvalue weighted by Gasteiger charge is 2.54. The van der Waals surface area contributed by atoms with Gasteiger partial charge in [0.2, 0.25) is 5.91 Å². The summed E-state index contributed by atoms with van der Waals surface area (Å²) in [5, 5.41) is 13.9. The fraction of sp³-hybridized carbons (Fsp3) is 0.941. The molecule has 4 rings (SSSR count). The molecule has 2 heterocycles. The zero-order valence-corrected chi connectivity index (χ0v) is 15.6. The maximum Gasteiger partial charge on any atom is 0.304 e. The third kappa shape index (κ3) is 3.27. The van der Waals surface area contributed by atoms with Gasteiger partial charge in [-0.3, -0.25) is 4.79 Å². The third-order valence-electron chi connectivity index (χ3n) is 6.95. The molecular weight excluding hydrogens is 361 g/mol. The van der Waals surface area contributed by atoms with Gasteiger partial charge in [0.15, 0.2) is 0 Å². The third-order valence-corrected chi connectivity index (χ3v) is 8.42. The number of nitrogens with one attached hydrogen (secondary N) is 2. The van der Waals surface area contributed by atoms with E-state index in [2.05, 4.69) is 5.32 Å². The van der Waals surface area contributed by atoms with E-state index in [1.165, 1.54) is 0 Å². The first-order chi connectivity index (χ1) is 12.4. The van der Waals surface area contributed by atoms with Crippen LogP contribution in [-0.2, 0) is 15.0 Å². The lowest BCUT2D eigenvalue weighted by atomic mass is 9.62. The summed E-state index contributed by atoms with van der Waals surface area (Å²) >= 11 is 0. The van der Waals surface area contributed by atoms with E-state index in [0.717, 1.165) is 49.5 Å². The Morgan fingerprint density at radius 1 is 1.12 bits per heavy atom. The van der Waals surface area contributed by atoms with Gasteiger partial charge in [-0.25, -0.2) is 9.11 Å². The first-order valence-electron chi connectivity index (χ1n) is 9.72. The number of halogens is 1. The minimum absolute atomic E-state index is 0.0954. The molecule has 2 aliphatic heterocycles. The van der Waals surface area contributed by atoms with Crippen LogP contribution in [0.1, 0.15) is 38.5 Å². The highest BCUT2D eigenvalue weighted by molar-refractivity contribution is 7.88. The van der Waals surface area contributed by atoms with Crippen LogP contribution in [-0.4, -0.2) is 61.7 Å². The average Bonchev–Trinajstić information content (AvgIpc) is 2.88. The van der Waals surface area contributed by atoms with Gasteiger partial charge in [-0.2, -0.15) is 12.7 Å². The number of piperidine rings is 1. The number of aliphatic hydroxyl groups excluding tert-OH is 1. The number of carbonyl (C=O) groups excluding carboxylic acids is 1. The van der Waals surface area contributed by atoms with E-state index in [4.69, 9.17) is 0 Å². The van der Waals surface area contributed by atoms with E-state index in [0.29, 0.717) is 18.3 Å². The second kappa shape index (κ2) is 7.00. The second-order valence-corrected chi connectivity index (χ2v) is 10.0. The number of alkyl halides is 1. The van der Waals surface area contributed by atoms with Crippen molar-refractivity contribution in [2.45, 2.75) is 56.8 Å². The quantitative estimate of drug-likeness (QED) is 0.625. The molecule has 0 bridgehead atoms. The number of amides is 1. The van der Waals surface area contributed by atoms with E-state index < -0.39 is 41.0 Å². The Labute approximate surface area is 153 Å². The summed E-state index contributed by atoms with van der Waals surface area (Å²) in [6.07, 6.45) is 2.90. The molecule has 3 N–H and O–H groups in total. The summed E-state index contributed by atoms with van der Waals surface area (Å²) in [6.45, 7) is 1.62. The molecule has 7 atom stereocenters. The predicted octanol–water partition coefficient (Wildman–Crippen LogP) is 0.166. The van der Waals surface area contributed by atoms with Gasteiger partial charge in [0, 0.05) is 0 Å². The zero-order chi connectivity index (χ0) is 18.5. The van der Waals surface area contributed by atoms with Crippen LogP contribution in [0.25, 0.3) is 0 Å². The van der Waals surface area contributed by atoms with E-state index in [1.54, 1.807) is 0 Å². The monoisotopic (exact) mass is 389 g/mol. The Hall–Kier alpha value is -0.770. The van der Waals surface area contributed by atoms with Gasteiger partial charge in [-0.1, -0.05) is 0 Å². The molecule has 0 spiro atoms. The number of nitrogens with zero attached hydrogens (tertiary/aromatic N) is 1. The predicted molar refractivity (Wildman–Crippen MR) is 93.0 cm³/mol. The maximum atomic E-state index is 15.5. The minimum atomic E-state index is -4.05. The van der Waals surface area contributed by atoms with Crippen LogP contribution < -0.4 is 10.0 Å². The summed E-state index contributed by atoms with van der Waals surface area (Å²) in [5.41, 5.74) is 0. The molecule has 4 fully saturated rings. The summed E-state index contributed by atoms with van der Waals surface area (Å²) in [5.74, 6) is 0.198. The van der Waals surface area contributed by atoms with Crippen LogP contribution in [0.15, 0.2) is 0 Å². The topological polar surface area (TPSA) is 98.7 Å². The molecule has 0 radical (unpaired) electrons. The Bertz CT molecular complexity index is 654. The molecule has 148 valence electrons. The van der Waals surface area contributed by atoms with Crippen LogP contribution in [0.5, 0.6) is 0 Å². The van der Waals surface area contributed by atoms with E-state index in [-0.39, 0.29) is 11.8 Å². The molecule has 2 saturated heterocycles. The highest BCUT2D eigenvalue weighted by atomic mass is 32.2. The van der Waals surface area contributed by atoms with Crippen molar-refractivity contribution in [2.75, 3.05) is 19.6 Å². The van der Waals surface area contributed by atoms with Gasteiger partial charge >= 0.3 is 10.2 Å². The fourth-order valence-corrected chi connectivity index (χ4v) is 7.02. The lowest BCUT2D eigenvalue weighted by molar-refractivity contribution is -0.120. The van der Waals surface area contributed by atoms with Crippen LogP contribution in [0.4, 0.5) is 4.39 Å². The van der Waals surface area contributed by atoms with Crippen molar-refractivity contribution in [3.63, 3.8) is 0 Å². The molecule has 26 heavy (non-hydrogen) atoms. The van der Waals surface area contributed by atoms with Crippen LogP contribution in [0.2, 0.25) is 0 Å². The summed E-state index contributed by atoms with van der Waals surface area (Å²) in [6, 6.07) is -1.16. The van der Waals surface area contributed by atoms with Crippen molar-refractivity contribution >= 4 is 16.1 Å². The van der Waals surface area contributed by atoms with Crippen molar-refractivity contribution in [3.8, 4) is 0 Å². The molecule has 0 aromatic rings. The van der Waals surface area contributed by atoms with E-state index in [1.807, 2.05) is 4.72 Å². The smallest absolute Gasteiger partial charge is 0.304 e. The van der Waals surface area contributed by atoms with Crippen LogP contribution in [0, 0.1) is 23.7 Å². The molecule has 1 amide bonds. The van der Waals surface area contributed by atoms with E-state index >= 15 is 4.39 Å². The molecule has 7 unspecified atom stereocenters. The van der Waals surface area contributed by atoms with Crippen molar-refractivity contribution in [1.82, 2.24) is 14.3 Å². The van der Waals surface area contributed by atoms with Crippen molar-refractivity contribution in [2.24, 2.45) is 23.7 Å². The molecule has 4 aliphatic rings. The molecule has 2 saturated carbocycles. The standard InChI is InChI=1S/C17H28FN3O4S/c18-16-13-6-10(12-2-1-5-19-8-12)3-4-11(13)7-14(22)17(16)21-9-15(23)20-26(21,24)25/h10-14,16-17,19,22H,1-9H2,(H,20,23). The van der Waals surface area contributed by atoms with Crippen molar-refractivity contribution < 1.29 is 22.7 Å². The Morgan fingerprint density at radius 3 is 2.54 bits per heavy atom. The number of aliphatic hydroxyl groups is 1. The number of carbonyl (C=O) groups is 1. The van der Waals surface area contributed by atoms with Gasteiger partial charge < -0.3 is 10.4 Å². The van der Waals surface area contributed by atoms with Crippen molar-refractivity contribution in [1.29, 1.82) is 0 Å². The summed E-state index contributed by atoms with van der Waals surface area (Å²) < 4.78 is 42.5. The SMILES string of the molecule is O=C1CN(C2C(O)CC3CCC(C4CCCNC4)CC3C2F)S(=O)(=O)N1. The van der Waals surface area contributed by atoms with E-state index in [9.17, 15) is 18.3 Å². The van der Waals surface area contributed by atoms with Crippen LogP contribution in [0.3, 0.4) is 0 Å². The number of rotatable bonds is 2. The number of fused-ring (bicyclic) bond motifs is 1. The first kappa shape index (κ1) is 18.6. The molecule has 9 heteroatoms. The average molecular weight is 389 g/mol. The Kier molecular flexibility index (Phi) is 5.00. The highest BCUT2D eigenvalue weighted by Crippen LogP contribution is 2.48. The second-order valence-electron chi connectivity index (χ2n) is 8.42. The van der Waals surface area contributed by atoms with Crippen LogP contribution >= 0.6 is 0 Å². The Balaban J connectivity index is 1.52.